The van der Waals surface area contributed by atoms with E-state index in [1.54, 1.807) is 21.3 Å². The van der Waals surface area contributed by atoms with Crippen molar-refractivity contribution in [2.24, 2.45) is 11.8 Å². The minimum atomic E-state index is 0.510. The summed E-state index contributed by atoms with van der Waals surface area (Å²) in [5.41, 5.74) is 0.820. The number of fused-ring (bicyclic) bond motifs is 2. The summed E-state index contributed by atoms with van der Waals surface area (Å²) in [6, 6.07) is 4.22. The zero-order valence-electron chi connectivity index (χ0n) is 13.8. The Labute approximate surface area is 142 Å². The van der Waals surface area contributed by atoms with Gasteiger partial charge in [-0.15, -0.1) is 0 Å². The fourth-order valence-corrected chi connectivity index (χ4v) is 4.18. The number of anilines is 1. The van der Waals surface area contributed by atoms with Gasteiger partial charge in [0.1, 0.15) is 0 Å². The highest BCUT2D eigenvalue weighted by Crippen LogP contribution is 2.44. The molecule has 2 fully saturated rings. The first-order chi connectivity index (χ1) is 11.1. The van der Waals surface area contributed by atoms with Crippen LogP contribution in [-0.4, -0.2) is 32.5 Å². The predicted octanol–water partition coefficient (Wildman–Crippen LogP) is 3.19. The number of ether oxygens (including phenoxy) is 3. The van der Waals surface area contributed by atoms with Gasteiger partial charge in [0.15, 0.2) is 16.6 Å². The molecule has 2 aliphatic rings. The first kappa shape index (κ1) is 16.2. The highest BCUT2D eigenvalue weighted by molar-refractivity contribution is 7.80. The van der Waals surface area contributed by atoms with Gasteiger partial charge in [0.2, 0.25) is 5.75 Å². The second-order valence-electron chi connectivity index (χ2n) is 6.29. The Hall–Kier alpha value is -1.69. The summed E-state index contributed by atoms with van der Waals surface area (Å²) in [4.78, 5) is 0. The van der Waals surface area contributed by atoms with Crippen LogP contribution >= 0.6 is 12.2 Å². The normalized spacial score (nSPS) is 25.1. The summed E-state index contributed by atoms with van der Waals surface area (Å²) in [5, 5.41) is 7.35. The van der Waals surface area contributed by atoms with E-state index in [0.717, 1.165) is 17.5 Å². The number of benzene rings is 1. The molecule has 0 unspecified atom stereocenters. The molecule has 126 valence electrons. The number of nitrogens with one attached hydrogen (secondary N) is 2. The van der Waals surface area contributed by atoms with Crippen LogP contribution in [0.3, 0.4) is 0 Å². The fourth-order valence-electron chi connectivity index (χ4n) is 3.91. The molecule has 0 amide bonds. The van der Waals surface area contributed by atoms with E-state index in [0.29, 0.717) is 28.4 Å². The van der Waals surface area contributed by atoms with Crippen LogP contribution in [0.5, 0.6) is 17.2 Å². The van der Waals surface area contributed by atoms with Gasteiger partial charge >= 0.3 is 0 Å². The Morgan fingerprint density at radius 2 is 1.74 bits per heavy atom. The van der Waals surface area contributed by atoms with E-state index >= 15 is 0 Å². The number of hydrogen-bond donors (Lipinski definition) is 2. The van der Waals surface area contributed by atoms with E-state index in [1.165, 1.54) is 25.7 Å². The quantitative estimate of drug-likeness (QED) is 0.806. The highest BCUT2D eigenvalue weighted by atomic mass is 32.1. The van der Waals surface area contributed by atoms with Gasteiger partial charge < -0.3 is 24.8 Å². The fraction of sp³-hybridized carbons (Fsp3) is 0.588. The van der Waals surface area contributed by atoms with E-state index in [2.05, 4.69) is 10.6 Å². The Morgan fingerprint density at radius 1 is 1.04 bits per heavy atom. The van der Waals surface area contributed by atoms with Crippen molar-refractivity contribution in [3.05, 3.63) is 12.1 Å². The van der Waals surface area contributed by atoms with Gasteiger partial charge in [0.05, 0.1) is 21.3 Å². The molecule has 23 heavy (non-hydrogen) atoms. The lowest BCUT2D eigenvalue weighted by molar-refractivity contribution is 0.324. The first-order valence-electron chi connectivity index (χ1n) is 8.02. The van der Waals surface area contributed by atoms with Crippen molar-refractivity contribution in [2.45, 2.75) is 31.7 Å². The lowest BCUT2D eigenvalue weighted by Gasteiger charge is -2.24. The molecule has 0 aliphatic heterocycles. The third kappa shape index (κ3) is 3.32. The first-order valence-corrected chi connectivity index (χ1v) is 8.43. The lowest BCUT2D eigenvalue weighted by Crippen LogP contribution is -2.40. The monoisotopic (exact) mass is 336 g/mol. The molecule has 3 atom stereocenters. The third-order valence-corrected chi connectivity index (χ3v) is 5.20. The summed E-state index contributed by atoms with van der Waals surface area (Å²) in [6.45, 7) is 0. The molecule has 0 spiro atoms. The van der Waals surface area contributed by atoms with Crippen molar-refractivity contribution in [2.75, 3.05) is 26.6 Å². The zero-order valence-corrected chi connectivity index (χ0v) is 14.7. The van der Waals surface area contributed by atoms with Crippen LogP contribution in [-0.2, 0) is 0 Å². The van der Waals surface area contributed by atoms with Gasteiger partial charge in [-0.3, -0.25) is 0 Å². The van der Waals surface area contributed by atoms with Gasteiger partial charge in [-0.25, -0.2) is 0 Å². The summed E-state index contributed by atoms with van der Waals surface area (Å²) in [5.74, 6) is 3.46. The van der Waals surface area contributed by atoms with E-state index in [9.17, 15) is 0 Å². The van der Waals surface area contributed by atoms with Crippen molar-refractivity contribution < 1.29 is 14.2 Å². The molecule has 0 saturated heterocycles. The van der Waals surface area contributed by atoms with Gasteiger partial charge in [-0.1, -0.05) is 6.42 Å². The minimum Gasteiger partial charge on any atom is -0.493 e. The molecule has 0 heterocycles. The summed E-state index contributed by atoms with van der Waals surface area (Å²) >= 11 is 5.47. The molecular weight excluding hydrogens is 312 g/mol. The molecule has 2 bridgehead atoms. The third-order valence-electron chi connectivity index (χ3n) is 4.98. The van der Waals surface area contributed by atoms with Crippen molar-refractivity contribution in [1.82, 2.24) is 5.32 Å². The molecule has 5 nitrogen and oxygen atoms in total. The number of hydrogen-bond acceptors (Lipinski definition) is 4. The molecule has 2 N–H and O–H groups in total. The van der Waals surface area contributed by atoms with Crippen LogP contribution in [0, 0.1) is 11.8 Å². The molecule has 2 saturated carbocycles. The van der Waals surface area contributed by atoms with Crippen molar-refractivity contribution >= 4 is 23.0 Å². The Bertz CT molecular complexity index is 568. The Balaban J connectivity index is 1.68. The van der Waals surface area contributed by atoms with Crippen molar-refractivity contribution in [3.63, 3.8) is 0 Å². The van der Waals surface area contributed by atoms with Crippen LogP contribution in [0.15, 0.2) is 12.1 Å². The molecule has 3 rings (SSSR count). The van der Waals surface area contributed by atoms with Gasteiger partial charge in [-0.05, 0) is 43.3 Å². The second kappa shape index (κ2) is 6.83. The van der Waals surface area contributed by atoms with E-state index in [1.807, 2.05) is 12.1 Å². The van der Waals surface area contributed by atoms with Gasteiger partial charge in [0.25, 0.3) is 0 Å². The highest BCUT2D eigenvalue weighted by Gasteiger charge is 2.39. The number of thiocarbonyl (C=S) groups is 1. The maximum atomic E-state index is 5.47. The average molecular weight is 336 g/mol. The summed E-state index contributed by atoms with van der Waals surface area (Å²) < 4.78 is 16.1. The molecule has 1 aromatic carbocycles. The molecule has 0 radical (unpaired) electrons. The molecular formula is C17H24N2O3S. The van der Waals surface area contributed by atoms with Gasteiger partial charge in [-0.2, -0.15) is 0 Å². The average Bonchev–Trinajstić information content (AvgIpc) is 3.16. The zero-order chi connectivity index (χ0) is 16.4. The standard InChI is InChI=1S/C17H24N2O3S/c1-20-14-8-12(9-15(21-2)16(14)22-3)18-17(23)19-13-7-10-4-5-11(13)6-10/h8-11,13H,4-7H2,1-3H3,(H2,18,19,23)/t10-,11-,13+/m1/s1. The summed E-state index contributed by atoms with van der Waals surface area (Å²) in [6.07, 6.45) is 5.30. The molecule has 0 aromatic heterocycles. The largest absolute Gasteiger partial charge is 0.493 e. The summed E-state index contributed by atoms with van der Waals surface area (Å²) in [7, 11) is 4.80. The van der Waals surface area contributed by atoms with Crippen LogP contribution < -0.4 is 24.8 Å². The number of methoxy groups -OCH3 is 3. The van der Waals surface area contributed by atoms with Crippen LogP contribution in [0.1, 0.15) is 25.7 Å². The molecule has 6 heteroatoms. The van der Waals surface area contributed by atoms with Crippen molar-refractivity contribution in [3.8, 4) is 17.2 Å². The Kier molecular flexibility index (Phi) is 4.80. The van der Waals surface area contributed by atoms with Crippen molar-refractivity contribution in [1.29, 1.82) is 0 Å². The van der Waals surface area contributed by atoms with E-state index < -0.39 is 0 Å². The van der Waals surface area contributed by atoms with Crippen LogP contribution in [0.25, 0.3) is 0 Å². The maximum absolute atomic E-state index is 5.47. The van der Waals surface area contributed by atoms with Gasteiger partial charge in [0, 0.05) is 23.9 Å². The second-order valence-corrected chi connectivity index (χ2v) is 6.70. The molecule has 2 aliphatic carbocycles. The van der Waals surface area contributed by atoms with E-state index in [4.69, 9.17) is 26.4 Å². The topological polar surface area (TPSA) is 51.8 Å². The SMILES string of the molecule is COc1cc(NC(=S)N[C@H]2C[C@@H]3CC[C@@H]2C3)cc(OC)c1OC. The predicted molar refractivity (Wildman–Crippen MR) is 94.7 cm³/mol. The van der Waals surface area contributed by atoms with Crippen LogP contribution in [0.2, 0.25) is 0 Å². The smallest absolute Gasteiger partial charge is 0.203 e. The van der Waals surface area contributed by atoms with E-state index in [-0.39, 0.29) is 0 Å². The number of rotatable bonds is 5. The molecule has 1 aromatic rings. The lowest BCUT2D eigenvalue weighted by atomic mass is 9.96. The van der Waals surface area contributed by atoms with Crippen LogP contribution in [0.4, 0.5) is 5.69 Å². The minimum absolute atomic E-state index is 0.510. The maximum Gasteiger partial charge on any atom is 0.203 e. The Morgan fingerprint density at radius 3 is 2.22 bits per heavy atom.